The molecule has 2 N–H and O–H groups in total. The van der Waals surface area contributed by atoms with Crippen molar-refractivity contribution in [3.05, 3.63) is 64.2 Å². The van der Waals surface area contributed by atoms with E-state index in [-0.39, 0.29) is 33.6 Å². The van der Waals surface area contributed by atoms with Crippen LogP contribution < -0.4 is 5.73 Å². The largest absolute Gasteiger partial charge is 0.465 e. The van der Waals surface area contributed by atoms with Gasteiger partial charge in [0.25, 0.3) is 0 Å². The molecule has 0 bridgehead atoms. The topological polar surface area (TPSA) is 147 Å². The van der Waals surface area contributed by atoms with Gasteiger partial charge in [0.1, 0.15) is 6.07 Å². The fraction of sp³-hybridized carbons (Fsp3) is 0.208. The third-order valence-corrected chi connectivity index (χ3v) is 5.29. The number of nitrogen functional groups attached to an aromatic ring is 1. The van der Waals surface area contributed by atoms with Crippen LogP contribution in [-0.2, 0) is 14.2 Å². The van der Waals surface area contributed by atoms with Crippen LogP contribution in [0.15, 0.2) is 30.5 Å². The van der Waals surface area contributed by atoms with E-state index in [1.807, 2.05) is 6.07 Å². The van der Waals surface area contributed by atoms with Crippen LogP contribution in [0.25, 0.3) is 16.8 Å². The molecule has 0 fully saturated rings. The summed E-state index contributed by atoms with van der Waals surface area (Å²) in [6.07, 6.45) is 1.41. The molecule has 10 nitrogen and oxygen atoms in total. The zero-order valence-corrected chi connectivity index (χ0v) is 19.3. The molecule has 2 heterocycles. The van der Waals surface area contributed by atoms with E-state index in [2.05, 4.69) is 4.98 Å². The van der Waals surface area contributed by atoms with Gasteiger partial charge in [-0.1, -0.05) is 12.1 Å². The Morgan fingerprint density at radius 3 is 2.03 bits per heavy atom. The second kappa shape index (κ2) is 9.46. The molecule has 0 atom stereocenters. The summed E-state index contributed by atoms with van der Waals surface area (Å²) in [5.41, 5.74) is 8.13. The number of anilines is 1. The van der Waals surface area contributed by atoms with Crippen molar-refractivity contribution in [2.45, 2.75) is 13.8 Å². The third-order valence-electron chi connectivity index (χ3n) is 5.29. The number of pyridine rings is 1. The summed E-state index contributed by atoms with van der Waals surface area (Å²) < 4.78 is 16.2. The zero-order chi connectivity index (χ0) is 25.2. The number of methoxy groups -OCH3 is 3. The van der Waals surface area contributed by atoms with Crippen molar-refractivity contribution in [2.75, 3.05) is 27.1 Å². The number of benzene rings is 1. The number of hydrogen-bond acceptors (Lipinski definition) is 9. The molecular formula is C24H22N4O6. The summed E-state index contributed by atoms with van der Waals surface area (Å²) in [7, 11) is 3.66. The molecule has 0 amide bonds. The van der Waals surface area contributed by atoms with E-state index in [1.165, 1.54) is 32.1 Å². The quantitative estimate of drug-likeness (QED) is 0.446. The summed E-state index contributed by atoms with van der Waals surface area (Å²) >= 11 is 0. The van der Waals surface area contributed by atoms with E-state index in [0.717, 1.165) is 0 Å². The van der Waals surface area contributed by atoms with E-state index in [0.29, 0.717) is 22.6 Å². The van der Waals surface area contributed by atoms with E-state index < -0.39 is 17.9 Å². The van der Waals surface area contributed by atoms with E-state index in [4.69, 9.17) is 19.9 Å². The molecular weight excluding hydrogens is 440 g/mol. The number of carbonyl (C=O) groups is 3. The van der Waals surface area contributed by atoms with Gasteiger partial charge in [0, 0.05) is 17.4 Å². The van der Waals surface area contributed by atoms with Crippen molar-refractivity contribution in [3.8, 4) is 22.9 Å². The lowest BCUT2D eigenvalue weighted by atomic mass is 9.92. The van der Waals surface area contributed by atoms with Crippen molar-refractivity contribution in [1.29, 1.82) is 5.26 Å². The molecule has 34 heavy (non-hydrogen) atoms. The summed E-state index contributed by atoms with van der Waals surface area (Å²) in [4.78, 5) is 42.1. The number of carbonyl (C=O) groups excluding carboxylic acids is 3. The van der Waals surface area contributed by atoms with Gasteiger partial charge < -0.3 is 24.5 Å². The van der Waals surface area contributed by atoms with Crippen molar-refractivity contribution < 1.29 is 28.6 Å². The van der Waals surface area contributed by atoms with Crippen LogP contribution in [-0.4, -0.2) is 48.8 Å². The Bertz CT molecular complexity index is 1330. The second-order valence-electron chi connectivity index (χ2n) is 7.22. The highest BCUT2D eigenvalue weighted by molar-refractivity contribution is 6.07. The van der Waals surface area contributed by atoms with Gasteiger partial charge in [0.05, 0.1) is 55.1 Å². The number of rotatable bonds is 5. The normalized spacial score (nSPS) is 10.4. The standard InChI is InChI=1S/C24H22N4O6/c1-12-17(22(29)32-3)19(18(13(2)27-12)23(30)33-4)14-7-6-8-16(9-14)28-11-15(10-25)20(26)21(28)24(31)34-5/h6-9,11H,26H2,1-5H3. The van der Waals surface area contributed by atoms with E-state index in [1.54, 1.807) is 38.1 Å². The van der Waals surface area contributed by atoms with Gasteiger partial charge in [-0.15, -0.1) is 0 Å². The molecule has 0 aliphatic carbocycles. The maximum absolute atomic E-state index is 12.7. The highest BCUT2D eigenvalue weighted by atomic mass is 16.5. The first-order valence-corrected chi connectivity index (χ1v) is 9.97. The molecule has 2 aromatic heterocycles. The Hall–Kier alpha value is -4.65. The Kier molecular flexibility index (Phi) is 6.68. The Balaban J connectivity index is 2.39. The number of aryl methyl sites for hydroxylation is 2. The highest BCUT2D eigenvalue weighted by Gasteiger charge is 2.28. The molecule has 0 radical (unpaired) electrons. The van der Waals surface area contributed by atoms with Gasteiger partial charge >= 0.3 is 17.9 Å². The average Bonchev–Trinajstić information content (AvgIpc) is 3.18. The zero-order valence-electron chi connectivity index (χ0n) is 19.3. The van der Waals surface area contributed by atoms with Crippen LogP contribution in [0.4, 0.5) is 5.69 Å². The highest BCUT2D eigenvalue weighted by Crippen LogP contribution is 2.34. The first-order chi connectivity index (χ1) is 16.2. The number of nitriles is 1. The first kappa shape index (κ1) is 24.0. The van der Waals surface area contributed by atoms with Gasteiger partial charge in [0.2, 0.25) is 0 Å². The minimum atomic E-state index is -0.731. The third kappa shape index (κ3) is 3.95. The monoisotopic (exact) mass is 462 g/mol. The Labute approximate surface area is 195 Å². The lowest BCUT2D eigenvalue weighted by molar-refractivity contribution is 0.0583. The number of hydrogen-bond donors (Lipinski definition) is 1. The van der Waals surface area contributed by atoms with Crippen LogP contribution in [0.5, 0.6) is 0 Å². The van der Waals surface area contributed by atoms with Crippen LogP contribution in [0.1, 0.15) is 48.2 Å². The lowest BCUT2D eigenvalue weighted by Crippen LogP contribution is -2.16. The van der Waals surface area contributed by atoms with Crippen molar-refractivity contribution in [3.63, 3.8) is 0 Å². The predicted octanol–water partition coefficient (Wildman–Crippen LogP) is 2.97. The molecule has 0 aliphatic rings. The molecule has 3 aromatic rings. The van der Waals surface area contributed by atoms with E-state index >= 15 is 0 Å². The van der Waals surface area contributed by atoms with Crippen LogP contribution in [0.3, 0.4) is 0 Å². The van der Waals surface area contributed by atoms with Gasteiger partial charge in [-0.05, 0) is 31.5 Å². The fourth-order valence-electron chi connectivity index (χ4n) is 3.77. The van der Waals surface area contributed by atoms with E-state index in [9.17, 15) is 19.6 Å². The minimum Gasteiger partial charge on any atom is -0.465 e. The lowest BCUT2D eigenvalue weighted by Gasteiger charge is -2.18. The molecule has 0 saturated heterocycles. The summed E-state index contributed by atoms with van der Waals surface area (Å²) in [5, 5.41) is 9.40. The van der Waals surface area contributed by atoms with Crippen molar-refractivity contribution in [1.82, 2.24) is 9.55 Å². The summed E-state index contributed by atoms with van der Waals surface area (Å²) in [5.74, 6) is -2.09. The molecule has 174 valence electrons. The molecule has 1 aromatic carbocycles. The van der Waals surface area contributed by atoms with Crippen LogP contribution in [0, 0.1) is 25.2 Å². The summed E-state index contributed by atoms with van der Waals surface area (Å²) in [6.45, 7) is 3.27. The molecule has 0 aliphatic heterocycles. The minimum absolute atomic E-state index is 0.0270. The maximum atomic E-state index is 12.7. The number of nitrogens with two attached hydrogens (primary N) is 1. The predicted molar refractivity (Wildman–Crippen MR) is 122 cm³/mol. The van der Waals surface area contributed by atoms with Gasteiger partial charge in [-0.3, -0.25) is 4.98 Å². The SMILES string of the molecule is COC(=O)c1c(C)nc(C)c(C(=O)OC)c1-c1cccc(-n2cc(C#N)c(N)c2C(=O)OC)c1. The average molecular weight is 462 g/mol. The molecule has 10 heteroatoms. The Morgan fingerprint density at radius 1 is 0.971 bits per heavy atom. The van der Waals surface area contributed by atoms with Crippen LogP contribution >= 0.6 is 0 Å². The number of nitrogens with zero attached hydrogens (tertiary/aromatic N) is 3. The van der Waals surface area contributed by atoms with Gasteiger partial charge in [-0.2, -0.15) is 5.26 Å². The van der Waals surface area contributed by atoms with Gasteiger partial charge in [-0.25, -0.2) is 14.4 Å². The second-order valence-corrected chi connectivity index (χ2v) is 7.22. The number of aromatic nitrogens is 2. The van der Waals surface area contributed by atoms with Crippen molar-refractivity contribution in [2.24, 2.45) is 0 Å². The maximum Gasteiger partial charge on any atom is 0.357 e. The first-order valence-electron chi connectivity index (χ1n) is 9.97. The molecule has 0 unspecified atom stereocenters. The number of ether oxygens (including phenoxy) is 3. The van der Waals surface area contributed by atoms with Gasteiger partial charge in [0.15, 0.2) is 5.69 Å². The fourth-order valence-corrected chi connectivity index (χ4v) is 3.77. The number of esters is 3. The molecule has 0 spiro atoms. The molecule has 0 saturated carbocycles. The van der Waals surface area contributed by atoms with Crippen LogP contribution in [0.2, 0.25) is 0 Å². The Morgan fingerprint density at radius 2 is 1.53 bits per heavy atom. The summed E-state index contributed by atoms with van der Waals surface area (Å²) in [6, 6.07) is 8.61. The molecule has 3 rings (SSSR count). The smallest absolute Gasteiger partial charge is 0.357 e. The van der Waals surface area contributed by atoms with Crippen molar-refractivity contribution >= 4 is 23.6 Å².